The normalized spacial score (nSPS) is 17.5. The van der Waals surface area contributed by atoms with Gasteiger partial charge < -0.3 is 9.72 Å². The summed E-state index contributed by atoms with van der Waals surface area (Å²) >= 11 is 0. The van der Waals surface area contributed by atoms with Gasteiger partial charge in [0.05, 0.1) is 18.7 Å². The van der Waals surface area contributed by atoms with Crippen molar-refractivity contribution in [2.24, 2.45) is 0 Å². The highest BCUT2D eigenvalue weighted by molar-refractivity contribution is 5.68. The topological polar surface area (TPSA) is 83.7 Å². The minimum absolute atomic E-state index is 0.146. The van der Waals surface area contributed by atoms with Gasteiger partial charge in [0.25, 0.3) is 0 Å². The second-order valence-electron chi connectivity index (χ2n) is 4.92. The van der Waals surface area contributed by atoms with Gasteiger partial charge in [-0.05, 0) is 12.5 Å². The third-order valence-corrected chi connectivity index (χ3v) is 3.62. The number of benzene rings is 1. The molecule has 0 amide bonds. The van der Waals surface area contributed by atoms with Crippen LogP contribution in [0.2, 0.25) is 0 Å². The van der Waals surface area contributed by atoms with Gasteiger partial charge in [0.1, 0.15) is 11.3 Å². The number of imidazole rings is 1. The Morgan fingerprint density at radius 2 is 2.24 bits per heavy atom. The van der Waals surface area contributed by atoms with Crippen molar-refractivity contribution in [2.75, 3.05) is 6.61 Å². The zero-order valence-corrected chi connectivity index (χ0v) is 10.9. The van der Waals surface area contributed by atoms with E-state index in [0.29, 0.717) is 30.0 Å². The first-order valence-electron chi connectivity index (χ1n) is 6.58. The number of H-pyrrole nitrogens is 2. The monoisotopic (exact) mass is 286 g/mol. The third-order valence-electron chi connectivity index (χ3n) is 3.62. The van der Waals surface area contributed by atoms with Crippen LogP contribution in [-0.2, 0) is 0 Å². The average Bonchev–Trinajstić information content (AvgIpc) is 2.86. The van der Waals surface area contributed by atoms with Crippen LogP contribution >= 0.6 is 0 Å². The van der Waals surface area contributed by atoms with Gasteiger partial charge in [0.15, 0.2) is 17.2 Å². The van der Waals surface area contributed by atoms with E-state index < -0.39 is 0 Å². The lowest BCUT2D eigenvalue weighted by Crippen LogP contribution is -2.18. The van der Waals surface area contributed by atoms with Crippen LogP contribution in [0.15, 0.2) is 29.2 Å². The summed E-state index contributed by atoms with van der Waals surface area (Å²) in [7, 11) is 0. The quantitative estimate of drug-likeness (QED) is 0.713. The van der Waals surface area contributed by atoms with Gasteiger partial charge in [0.2, 0.25) is 0 Å². The molecule has 21 heavy (non-hydrogen) atoms. The van der Waals surface area contributed by atoms with E-state index in [1.54, 1.807) is 12.3 Å². The van der Waals surface area contributed by atoms with Crippen molar-refractivity contribution in [3.63, 3.8) is 0 Å². The van der Waals surface area contributed by atoms with Crippen molar-refractivity contribution in [1.82, 2.24) is 19.9 Å². The van der Waals surface area contributed by atoms with E-state index in [0.717, 1.165) is 5.56 Å². The van der Waals surface area contributed by atoms with Crippen LogP contribution in [0.25, 0.3) is 11.2 Å². The molecule has 0 spiro atoms. The van der Waals surface area contributed by atoms with Crippen molar-refractivity contribution >= 4 is 11.2 Å². The summed E-state index contributed by atoms with van der Waals surface area (Å²) in [6, 6.07) is 4.83. The van der Waals surface area contributed by atoms with E-state index in [1.165, 1.54) is 6.07 Å². The molecule has 0 saturated carbocycles. The molecule has 3 heterocycles. The van der Waals surface area contributed by atoms with Crippen molar-refractivity contribution in [2.45, 2.75) is 12.3 Å². The predicted molar refractivity (Wildman–Crippen MR) is 72.9 cm³/mol. The largest absolute Gasteiger partial charge is 0.490 e. The summed E-state index contributed by atoms with van der Waals surface area (Å²) in [5, 5.41) is 0. The number of ether oxygens (including phenoxy) is 1. The van der Waals surface area contributed by atoms with Crippen LogP contribution in [0.1, 0.15) is 23.7 Å². The summed E-state index contributed by atoms with van der Waals surface area (Å²) in [4.78, 5) is 25.1. The fourth-order valence-corrected chi connectivity index (χ4v) is 2.67. The van der Waals surface area contributed by atoms with E-state index >= 15 is 0 Å². The Labute approximate surface area is 118 Å². The molecule has 0 aliphatic carbocycles. The molecule has 1 aliphatic rings. The number of halogens is 1. The molecule has 4 rings (SSSR count). The first-order chi connectivity index (χ1) is 10.2. The van der Waals surface area contributed by atoms with Gasteiger partial charge in [-0.1, -0.05) is 12.1 Å². The SMILES string of the molecule is O=c1[nH]c2cnc([C@@H]3CCOc4c(F)cccc43)nc2[nH]1. The van der Waals surface area contributed by atoms with Crippen molar-refractivity contribution in [3.8, 4) is 5.75 Å². The highest BCUT2D eigenvalue weighted by atomic mass is 19.1. The zero-order valence-electron chi connectivity index (χ0n) is 10.9. The van der Waals surface area contributed by atoms with Gasteiger partial charge in [-0.2, -0.15) is 0 Å². The lowest BCUT2D eigenvalue weighted by atomic mass is 9.92. The minimum atomic E-state index is -0.381. The maximum absolute atomic E-state index is 13.8. The van der Waals surface area contributed by atoms with Crippen LogP contribution in [0.4, 0.5) is 4.39 Å². The van der Waals surface area contributed by atoms with E-state index in [-0.39, 0.29) is 23.2 Å². The second kappa shape index (κ2) is 4.41. The first kappa shape index (κ1) is 12.1. The molecule has 0 fully saturated rings. The molecule has 0 radical (unpaired) electrons. The summed E-state index contributed by atoms with van der Waals surface area (Å²) in [6.07, 6.45) is 2.22. The Morgan fingerprint density at radius 3 is 3.14 bits per heavy atom. The molecule has 0 bridgehead atoms. The fraction of sp³-hybridized carbons (Fsp3) is 0.214. The Hall–Kier alpha value is -2.70. The zero-order chi connectivity index (χ0) is 14.4. The number of aromatic amines is 2. The molecule has 2 aromatic heterocycles. The molecule has 0 unspecified atom stereocenters. The van der Waals surface area contributed by atoms with E-state index in [9.17, 15) is 9.18 Å². The minimum Gasteiger partial charge on any atom is -0.490 e. The Kier molecular flexibility index (Phi) is 2.53. The maximum atomic E-state index is 13.8. The summed E-state index contributed by atoms with van der Waals surface area (Å²) < 4.78 is 19.2. The van der Waals surface area contributed by atoms with Gasteiger partial charge in [-0.3, -0.25) is 4.98 Å². The van der Waals surface area contributed by atoms with Gasteiger partial charge in [-0.15, -0.1) is 0 Å². The number of hydrogen-bond acceptors (Lipinski definition) is 4. The van der Waals surface area contributed by atoms with Crippen molar-refractivity contribution in [3.05, 3.63) is 52.1 Å². The summed E-state index contributed by atoms with van der Waals surface area (Å²) in [6.45, 7) is 0.406. The van der Waals surface area contributed by atoms with E-state index in [4.69, 9.17) is 4.74 Å². The van der Waals surface area contributed by atoms with Crippen LogP contribution in [0.3, 0.4) is 0 Å². The number of nitrogens with one attached hydrogen (secondary N) is 2. The number of nitrogens with zero attached hydrogens (tertiary/aromatic N) is 2. The predicted octanol–water partition coefficient (Wildman–Crippen LogP) is 1.70. The Morgan fingerprint density at radius 1 is 1.33 bits per heavy atom. The molecule has 1 aliphatic heterocycles. The molecule has 2 N–H and O–H groups in total. The van der Waals surface area contributed by atoms with Crippen molar-refractivity contribution < 1.29 is 9.13 Å². The van der Waals surface area contributed by atoms with E-state index in [2.05, 4.69) is 19.9 Å². The van der Waals surface area contributed by atoms with Gasteiger partial charge in [0, 0.05) is 5.56 Å². The first-order valence-corrected chi connectivity index (χ1v) is 6.58. The van der Waals surface area contributed by atoms with Crippen LogP contribution in [0.5, 0.6) is 5.75 Å². The molecular formula is C14H11FN4O2. The summed E-state index contributed by atoms with van der Waals surface area (Å²) in [5.41, 5.74) is 1.41. The number of rotatable bonds is 1. The highest BCUT2D eigenvalue weighted by Crippen LogP contribution is 2.38. The molecule has 1 aromatic carbocycles. The molecule has 1 atom stereocenters. The lowest BCUT2D eigenvalue weighted by Gasteiger charge is -2.25. The van der Waals surface area contributed by atoms with Crippen molar-refractivity contribution in [1.29, 1.82) is 0 Å². The molecule has 6 nitrogen and oxygen atoms in total. The highest BCUT2D eigenvalue weighted by Gasteiger charge is 2.27. The van der Waals surface area contributed by atoms with E-state index in [1.807, 2.05) is 6.07 Å². The molecule has 3 aromatic rings. The molecule has 106 valence electrons. The van der Waals surface area contributed by atoms with Crippen LogP contribution < -0.4 is 10.4 Å². The average molecular weight is 286 g/mol. The fourth-order valence-electron chi connectivity index (χ4n) is 2.67. The van der Waals surface area contributed by atoms with Crippen LogP contribution in [0, 0.1) is 5.82 Å². The lowest BCUT2D eigenvalue weighted by molar-refractivity contribution is 0.260. The molecular weight excluding hydrogens is 275 g/mol. The second-order valence-corrected chi connectivity index (χ2v) is 4.92. The number of fused-ring (bicyclic) bond motifs is 2. The van der Waals surface area contributed by atoms with Gasteiger partial charge in [-0.25, -0.2) is 19.2 Å². The number of hydrogen-bond donors (Lipinski definition) is 2. The Bertz CT molecular complexity index is 886. The number of aromatic nitrogens is 4. The Balaban J connectivity index is 1.86. The standard InChI is InChI=1S/C14H11FN4O2/c15-9-3-1-2-7-8(4-5-21-11(7)9)12-16-6-10-13(18-12)19-14(20)17-10/h1-3,6,8H,4-5H2,(H2,16,17,18,19,20)/t8-/m1/s1. The summed E-state index contributed by atoms with van der Waals surface area (Å²) in [5.74, 6) is 0.286. The van der Waals surface area contributed by atoms with Crippen LogP contribution in [-0.4, -0.2) is 26.5 Å². The smallest absolute Gasteiger partial charge is 0.325 e. The molecule has 0 saturated heterocycles. The number of para-hydroxylation sites is 1. The van der Waals surface area contributed by atoms with Gasteiger partial charge >= 0.3 is 5.69 Å². The molecule has 7 heteroatoms. The maximum Gasteiger partial charge on any atom is 0.325 e. The third kappa shape index (κ3) is 1.89.